The van der Waals surface area contributed by atoms with Gasteiger partial charge in [-0.2, -0.15) is 4.98 Å². The van der Waals surface area contributed by atoms with Crippen LogP contribution in [0.4, 0.5) is 11.8 Å². The number of nitrogens with one attached hydrogen (secondary N) is 2. The molecule has 0 atom stereocenters. The maximum absolute atomic E-state index is 6.74. The SMILES string of the molecule is CCC(C)(C)OCCC(C)(C)Oc1cc(Cl)c(Cl)c(-c2nnc(NCc3ccccc3)nc2NCc2ccccc2)c1. The molecule has 42 heavy (non-hydrogen) atoms. The Kier molecular flexibility index (Phi) is 10.7. The molecule has 4 aromatic rings. The molecule has 9 heteroatoms. The van der Waals surface area contributed by atoms with Crippen molar-refractivity contribution in [1.82, 2.24) is 15.2 Å². The maximum atomic E-state index is 6.74. The molecule has 1 aromatic heterocycles. The molecule has 0 unspecified atom stereocenters. The minimum Gasteiger partial charge on any atom is -0.488 e. The van der Waals surface area contributed by atoms with Crippen LogP contribution in [0.15, 0.2) is 72.8 Å². The van der Waals surface area contributed by atoms with E-state index in [9.17, 15) is 0 Å². The summed E-state index contributed by atoms with van der Waals surface area (Å²) in [6.07, 6.45) is 1.62. The third kappa shape index (κ3) is 9.05. The minimum atomic E-state index is -0.512. The zero-order valence-electron chi connectivity index (χ0n) is 24.9. The molecule has 2 N–H and O–H groups in total. The fraction of sp³-hybridized carbons (Fsp3) is 0.364. The van der Waals surface area contributed by atoms with Crippen molar-refractivity contribution in [3.8, 4) is 17.0 Å². The Labute approximate surface area is 259 Å². The van der Waals surface area contributed by atoms with Crippen LogP contribution in [0.5, 0.6) is 5.75 Å². The summed E-state index contributed by atoms with van der Waals surface area (Å²) in [5, 5.41) is 16.3. The van der Waals surface area contributed by atoms with E-state index in [4.69, 9.17) is 37.7 Å². The van der Waals surface area contributed by atoms with Gasteiger partial charge in [0.1, 0.15) is 17.0 Å². The third-order valence-corrected chi connectivity index (χ3v) is 7.78. The number of halogens is 2. The highest BCUT2D eigenvalue weighted by Gasteiger charge is 2.25. The van der Waals surface area contributed by atoms with Crippen LogP contribution in [0.2, 0.25) is 10.0 Å². The van der Waals surface area contributed by atoms with Crippen LogP contribution in [0.3, 0.4) is 0 Å². The molecule has 0 aliphatic heterocycles. The second-order valence-corrected chi connectivity index (χ2v) is 12.1. The van der Waals surface area contributed by atoms with Gasteiger partial charge in [-0.15, -0.1) is 10.2 Å². The number of rotatable bonds is 14. The van der Waals surface area contributed by atoms with Gasteiger partial charge in [0.25, 0.3) is 0 Å². The van der Waals surface area contributed by atoms with E-state index in [-0.39, 0.29) is 5.60 Å². The molecule has 1 heterocycles. The summed E-state index contributed by atoms with van der Waals surface area (Å²) in [6, 6.07) is 23.7. The zero-order valence-corrected chi connectivity index (χ0v) is 26.4. The summed E-state index contributed by atoms with van der Waals surface area (Å²) >= 11 is 13.4. The van der Waals surface area contributed by atoms with Crippen LogP contribution in [0.25, 0.3) is 11.3 Å². The quantitative estimate of drug-likeness (QED) is 0.148. The summed E-state index contributed by atoms with van der Waals surface area (Å²) < 4.78 is 12.5. The fourth-order valence-electron chi connectivity index (χ4n) is 4.10. The van der Waals surface area contributed by atoms with E-state index in [1.54, 1.807) is 6.07 Å². The number of anilines is 2. The lowest BCUT2D eigenvalue weighted by molar-refractivity contribution is -0.0423. The molecular formula is C33H39Cl2N5O2. The minimum absolute atomic E-state index is 0.177. The standard InChI is InChI=1S/C33H39Cl2N5O2/c1-6-32(2,3)41-18-17-33(4,5)42-25-19-26(28(35)27(34)20-25)29-30(36-21-23-13-9-7-10-14-23)38-31(40-39-29)37-22-24-15-11-8-12-16-24/h7-16,19-20H,6,17-18,21-22H2,1-5H3,(H2,36,37,38,40). The van der Waals surface area contributed by atoms with Crippen LogP contribution in [-0.2, 0) is 17.8 Å². The van der Waals surface area contributed by atoms with Crippen LogP contribution in [0, 0.1) is 0 Å². The van der Waals surface area contributed by atoms with E-state index < -0.39 is 5.60 Å². The number of benzene rings is 3. The second-order valence-electron chi connectivity index (χ2n) is 11.4. The molecule has 3 aromatic carbocycles. The van der Waals surface area contributed by atoms with Gasteiger partial charge in [-0.05, 0) is 51.3 Å². The van der Waals surface area contributed by atoms with Crippen molar-refractivity contribution in [3.63, 3.8) is 0 Å². The van der Waals surface area contributed by atoms with Crippen LogP contribution in [0.1, 0.15) is 58.6 Å². The predicted octanol–water partition coefficient (Wildman–Crippen LogP) is 8.82. The lowest BCUT2D eigenvalue weighted by Crippen LogP contribution is -2.32. The molecule has 222 valence electrons. The van der Waals surface area contributed by atoms with E-state index in [2.05, 4.69) is 41.6 Å². The molecule has 0 fully saturated rings. The normalized spacial score (nSPS) is 11.8. The molecule has 0 saturated carbocycles. The first-order valence-electron chi connectivity index (χ1n) is 14.2. The molecule has 4 rings (SSSR count). The van der Waals surface area contributed by atoms with Crippen molar-refractivity contribution in [2.45, 2.75) is 71.8 Å². The Morgan fingerprint density at radius 2 is 1.40 bits per heavy atom. The zero-order chi connectivity index (χ0) is 30.2. The van der Waals surface area contributed by atoms with Crippen molar-refractivity contribution in [3.05, 3.63) is 94.0 Å². The van der Waals surface area contributed by atoms with Crippen molar-refractivity contribution >= 4 is 35.0 Å². The second kappa shape index (κ2) is 14.2. The lowest BCUT2D eigenvalue weighted by atomic mass is 10.0. The van der Waals surface area contributed by atoms with E-state index in [1.165, 1.54) is 0 Å². The Morgan fingerprint density at radius 1 is 0.786 bits per heavy atom. The highest BCUT2D eigenvalue weighted by atomic mass is 35.5. The maximum Gasteiger partial charge on any atom is 0.245 e. The average Bonchev–Trinajstić information content (AvgIpc) is 2.97. The Morgan fingerprint density at radius 3 is 2.02 bits per heavy atom. The lowest BCUT2D eigenvalue weighted by Gasteiger charge is -2.30. The number of nitrogens with zero attached hydrogens (tertiary/aromatic N) is 3. The van der Waals surface area contributed by atoms with E-state index in [0.717, 1.165) is 17.5 Å². The van der Waals surface area contributed by atoms with Gasteiger partial charge < -0.3 is 20.1 Å². The molecule has 0 spiro atoms. The van der Waals surface area contributed by atoms with Gasteiger partial charge in [0.2, 0.25) is 5.95 Å². The highest BCUT2D eigenvalue weighted by Crippen LogP contribution is 2.40. The van der Waals surface area contributed by atoms with E-state index >= 15 is 0 Å². The largest absolute Gasteiger partial charge is 0.488 e. The van der Waals surface area contributed by atoms with Crippen molar-refractivity contribution in [2.24, 2.45) is 0 Å². The molecular weight excluding hydrogens is 569 g/mol. The first-order chi connectivity index (χ1) is 20.0. The first kappa shape index (κ1) is 31.5. The number of hydrogen-bond acceptors (Lipinski definition) is 7. The van der Waals surface area contributed by atoms with Gasteiger partial charge in [-0.3, -0.25) is 0 Å². The number of aromatic nitrogens is 3. The first-order valence-corrected chi connectivity index (χ1v) is 14.9. The summed E-state index contributed by atoms with van der Waals surface area (Å²) in [5.74, 6) is 1.49. The monoisotopic (exact) mass is 607 g/mol. The Balaban J connectivity index is 1.61. The van der Waals surface area contributed by atoms with Gasteiger partial charge >= 0.3 is 0 Å². The average molecular weight is 609 g/mol. The van der Waals surface area contributed by atoms with Gasteiger partial charge in [-0.25, -0.2) is 0 Å². The van der Waals surface area contributed by atoms with Crippen molar-refractivity contribution in [1.29, 1.82) is 0 Å². The predicted molar refractivity (Wildman–Crippen MR) is 172 cm³/mol. The van der Waals surface area contributed by atoms with Crippen LogP contribution in [-0.4, -0.2) is 33.0 Å². The van der Waals surface area contributed by atoms with Crippen LogP contribution < -0.4 is 15.4 Å². The topological polar surface area (TPSA) is 81.2 Å². The van der Waals surface area contributed by atoms with Gasteiger partial charge in [-0.1, -0.05) is 90.8 Å². The van der Waals surface area contributed by atoms with Crippen molar-refractivity contribution in [2.75, 3.05) is 17.2 Å². The fourth-order valence-corrected chi connectivity index (χ4v) is 4.51. The van der Waals surface area contributed by atoms with E-state index in [0.29, 0.717) is 64.9 Å². The molecule has 0 aliphatic carbocycles. The summed E-state index contributed by atoms with van der Waals surface area (Å²) in [7, 11) is 0. The smallest absolute Gasteiger partial charge is 0.245 e. The van der Waals surface area contributed by atoms with Gasteiger partial charge in [0.05, 0.1) is 22.3 Å². The molecule has 0 bridgehead atoms. The van der Waals surface area contributed by atoms with Crippen molar-refractivity contribution < 1.29 is 9.47 Å². The van der Waals surface area contributed by atoms with Crippen LogP contribution >= 0.6 is 23.2 Å². The number of hydrogen-bond donors (Lipinski definition) is 2. The molecule has 0 radical (unpaired) electrons. The summed E-state index contributed by atoms with van der Waals surface area (Å²) in [4.78, 5) is 4.77. The van der Waals surface area contributed by atoms with Gasteiger partial charge in [0, 0.05) is 31.1 Å². The third-order valence-electron chi connectivity index (χ3n) is 6.98. The summed E-state index contributed by atoms with van der Waals surface area (Å²) in [5.41, 5.74) is 2.56. The summed E-state index contributed by atoms with van der Waals surface area (Å²) in [6.45, 7) is 12.0. The molecule has 7 nitrogen and oxygen atoms in total. The highest BCUT2D eigenvalue weighted by molar-refractivity contribution is 6.43. The van der Waals surface area contributed by atoms with Gasteiger partial charge in [0.15, 0.2) is 5.82 Å². The molecule has 0 amide bonds. The Hall–Kier alpha value is -3.39. The molecule has 0 aliphatic rings. The number of ether oxygens (including phenoxy) is 2. The Bertz CT molecular complexity index is 1450. The van der Waals surface area contributed by atoms with E-state index in [1.807, 2.05) is 80.6 Å². The molecule has 0 saturated heterocycles.